The molecule has 0 spiro atoms. The molecule has 0 fully saturated rings. The molecule has 1 aromatic rings. The van der Waals surface area contributed by atoms with Crippen molar-refractivity contribution in [2.24, 2.45) is 0 Å². The van der Waals surface area contributed by atoms with E-state index < -0.39 is 0 Å². The fourth-order valence-corrected chi connectivity index (χ4v) is 1.66. The number of rotatable bonds is 6. The van der Waals surface area contributed by atoms with Gasteiger partial charge < -0.3 is 4.74 Å². The van der Waals surface area contributed by atoms with Gasteiger partial charge in [-0.25, -0.2) is 0 Å². The van der Waals surface area contributed by atoms with Crippen molar-refractivity contribution >= 4 is 31.9 Å². The quantitative estimate of drug-likeness (QED) is 0.724. The van der Waals surface area contributed by atoms with Crippen LogP contribution in [-0.4, -0.2) is 17.3 Å². The molecule has 0 aromatic heterocycles. The Morgan fingerprint density at radius 1 is 1.14 bits per heavy atom. The minimum atomic E-state index is 0.724. The maximum absolute atomic E-state index is 5.52. The number of hydrogen-bond donors (Lipinski definition) is 0. The molecule has 0 amide bonds. The van der Waals surface area contributed by atoms with Crippen LogP contribution in [-0.2, 0) is 6.42 Å². The van der Waals surface area contributed by atoms with E-state index >= 15 is 0 Å². The minimum Gasteiger partial charge on any atom is -0.493 e. The van der Waals surface area contributed by atoms with Gasteiger partial charge in [0.05, 0.1) is 6.61 Å². The van der Waals surface area contributed by atoms with E-state index in [4.69, 9.17) is 4.74 Å². The third kappa shape index (κ3) is 4.47. The van der Waals surface area contributed by atoms with Crippen LogP contribution in [0.1, 0.15) is 12.0 Å². The number of hydrogen-bond acceptors (Lipinski definition) is 1. The molecule has 0 saturated heterocycles. The molecule has 1 aromatic carbocycles. The molecule has 0 aliphatic carbocycles. The monoisotopic (exact) mass is 320 g/mol. The number of ether oxygens (including phenoxy) is 1. The average Bonchev–Trinajstić information content (AvgIpc) is 2.24. The summed E-state index contributed by atoms with van der Waals surface area (Å²) in [7, 11) is 0. The van der Waals surface area contributed by atoms with Crippen LogP contribution in [0.5, 0.6) is 5.75 Å². The van der Waals surface area contributed by atoms with Gasteiger partial charge >= 0.3 is 0 Å². The van der Waals surface area contributed by atoms with Crippen LogP contribution < -0.4 is 4.74 Å². The summed E-state index contributed by atoms with van der Waals surface area (Å²) in [4.78, 5) is 0. The van der Waals surface area contributed by atoms with Gasteiger partial charge in [0.25, 0.3) is 0 Å². The van der Waals surface area contributed by atoms with Gasteiger partial charge in [-0.2, -0.15) is 0 Å². The lowest BCUT2D eigenvalue weighted by Gasteiger charge is -2.05. The molecule has 3 heteroatoms. The van der Waals surface area contributed by atoms with Crippen molar-refractivity contribution in [3.63, 3.8) is 0 Å². The van der Waals surface area contributed by atoms with Crippen molar-refractivity contribution in [3.05, 3.63) is 29.8 Å². The second-order valence-corrected chi connectivity index (χ2v) is 4.56. The van der Waals surface area contributed by atoms with Crippen LogP contribution in [0.4, 0.5) is 0 Å². The van der Waals surface area contributed by atoms with E-state index in [0.29, 0.717) is 0 Å². The molecule has 0 saturated carbocycles. The summed E-state index contributed by atoms with van der Waals surface area (Å²) in [6.07, 6.45) is 2.28. The molecular formula is C11H14Br2O. The lowest BCUT2D eigenvalue weighted by atomic mass is 10.1. The molecule has 1 rings (SSSR count). The molecule has 1 nitrogen and oxygen atoms in total. The summed E-state index contributed by atoms with van der Waals surface area (Å²) < 4.78 is 5.52. The fraction of sp³-hybridized carbons (Fsp3) is 0.455. The topological polar surface area (TPSA) is 9.23 Å². The first kappa shape index (κ1) is 12.1. The van der Waals surface area contributed by atoms with Crippen LogP contribution in [0.2, 0.25) is 0 Å². The molecule has 0 atom stereocenters. The smallest absolute Gasteiger partial charge is 0.119 e. The standard InChI is InChI=1S/C11H14Br2O/c12-6-2-4-10-3-1-5-11(9-10)14-8-7-13/h1,3,5,9H,2,4,6-8H2. The van der Waals surface area contributed by atoms with Gasteiger partial charge in [-0.3, -0.25) is 0 Å². The van der Waals surface area contributed by atoms with E-state index in [1.807, 2.05) is 12.1 Å². The van der Waals surface area contributed by atoms with E-state index in [1.165, 1.54) is 12.0 Å². The number of halogens is 2. The highest BCUT2D eigenvalue weighted by Gasteiger charge is 1.96. The first-order valence-electron chi connectivity index (χ1n) is 4.70. The summed E-state index contributed by atoms with van der Waals surface area (Å²) in [5.74, 6) is 0.969. The minimum absolute atomic E-state index is 0.724. The van der Waals surface area contributed by atoms with Crippen molar-refractivity contribution in [1.29, 1.82) is 0 Å². The van der Waals surface area contributed by atoms with E-state index in [9.17, 15) is 0 Å². The van der Waals surface area contributed by atoms with E-state index in [-0.39, 0.29) is 0 Å². The summed E-state index contributed by atoms with van der Waals surface area (Å²) in [6.45, 7) is 0.724. The molecule has 0 heterocycles. The second kappa shape index (κ2) is 7.30. The Morgan fingerprint density at radius 3 is 2.71 bits per heavy atom. The van der Waals surface area contributed by atoms with Gasteiger partial charge in [-0.15, -0.1) is 0 Å². The van der Waals surface area contributed by atoms with Crippen LogP contribution >= 0.6 is 31.9 Å². The molecule has 78 valence electrons. The van der Waals surface area contributed by atoms with Crippen molar-refractivity contribution < 1.29 is 4.74 Å². The Bertz CT molecular complexity index is 240. The Balaban J connectivity index is 2.50. The predicted molar refractivity (Wildman–Crippen MR) is 67.8 cm³/mol. The lowest BCUT2D eigenvalue weighted by molar-refractivity contribution is 0.344. The summed E-state index contributed by atoms with van der Waals surface area (Å²) in [5.41, 5.74) is 1.34. The predicted octanol–water partition coefficient (Wildman–Crippen LogP) is 3.79. The number of alkyl halides is 2. The van der Waals surface area contributed by atoms with E-state index in [1.54, 1.807) is 0 Å². The average molecular weight is 322 g/mol. The summed E-state index contributed by atoms with van der Waals surface area (Å²) >= 11 is 6.77. The third-order valence-electron chi connectivity index (χ3n) is 1.84. The highest BCUT2D eigenvalue weighted by Crippen LogP contribution is 2.15. The Labute approximate surface area is 102 Å². The van der Waals surface area contributed by atoms with E-state index in [2.05, 4.69) is 44.0 Å². The molecule has 0 unspecified atom stereocenters. The maximum atomic E-state index is 5.52. The van der Waals surface area contributed by atoms with Gasteiger partial charge in [0.2, 0.25) is 0 Å². The zero-order valence-corrected chi connectivity index (χ0v) is 11.2. The van der Waals surface area contributed by atoms with Gasteiger partial charge in [0.1, 0.15) is 5.75 Å². The Morgan fingerprint density at radius 2 is 2.00 bits per heavy atom. The zero-order chi connectivity index (χ0) is 10.2. The largest absolute Gasteiger partial charge is 0.493 e. The van der Waals surface area contributed by atoms with Crippen molar-refractivity contribution in [2.45, 2.75) is 12.8 Å². The van der Waals surface area contributed by atoms with Crippen molar-refractivity contribution in [1.82, 2.24) is 0 Å². The van der Waals surface area contributed by atoms with Crippen LogP contribution in [0, 0.1) is 0 Å². The van der Waals surface area contributed by atoms with Crippen LogP contribution in [0.15, 0.2) is 24.3 Å². The fourth-order valence-electron chi connectivity index (χ4n) is 1.22. The maximum Gasteiger partial charge on any atom is 0.119 e. The van der Waals surface area contributed by atoms with Gasteiger partial charge in [0.15, 0.2) is 0 Å². The SMILES string of the molecule is BrCCCc1cccc(OCCBr)c1. The molecule has 0 aliphatic heterocycles. The number of benzene rings is 1. The zero-order valence-electron chi connectivity index (χ0n) is 8.01. The summed E-state index contributed by atoms with van der Waals surface area (Å²) in [5, 5.41) is 1.93. The highest BCUT2D eigenvalue weighted by atomic mass is 79.9. The molecule has 0 N–H and O–H groups in total. The molecular weight excluding hydrogens is 308 g/mol. The molecule has 0 aliphatic rings. The molecule has 0 bridgehead atoms. The highest BCUT2D eigenvalue weighted by molar-refractivity contribution is 9.09. The number of aryl methyl sites for hydroxylation is 1. The van der Waals surface area contributed by atoms with Crippen LogP contribution in [0.3, 0.4) is 0 Å². The normalized spacial score (nSPS) is 10.1. The second-order valence-electron chi connectivity index (χ2n) is 2.98. The first-order chi connectivity index (χ1) is 6.86. The van der Waals surface area contributed by atoms with Crippen molar-refractivity contribution in [3.8, 4) is 5.75 Å². The molecule has 0 radical (unpaired) electrons. The van der Waals surface area contributed by atoms with Crippen LogP contribution in [0.25, 0.3) is 0 Å². The Hall–Kier alpha value is -0.0200. The lowest BCUT2D eigenvalue weighted by Crippen LogP contribution is -1.98. The first-order valence-corrected chi connectivity index (χ1v) is 6.95. The van der Waals surface area contributed by atoms with Gasteiger partial charge in [0, 0.05) is 10.7 Å². The Kier molecular flexibility index (Phi) is 6.28. The van der Waals surface area contributed by atoms with Gasteiger partial charge in [-0.05, 0) is 30.5 Å². The summed E-state index contributed by atoms with van der Waals surface area (Å²) in [6, 6.07) is 8.31. The van der Waals surface area contributed by atoms with Gasteiger partial charge in [-0.1, -0.05) is 44.0 Å². The molecule has 14 heavy (non-hydrogen) atoms. The van der Waals surface area contributed by atoms with Crippen molar-refractivity contribution in [2.75, 3.05) is 17.3 Å². The third-order valence-corrected chi connectivity index (χ3v) is 2.73. The van der Waals surface area contributed by atoms with E-state index in [0.717, 1.165) is 29.4 Å².